The van der Waals surface area contributed by atoms with Gasteiger partial charge in [-0.3, -0.25) is 37.3 Å². The first-order valence-electron chi connectivity index (χ1n) is 37.8. The summed E-state index contributed by atoms with van der Waals surface area (Å²) in [6, 6.07) is 0. The molecule has 5 unspecified atom stereocenters. The molecule has 562 valence electrons. The summed E-state index contributed by atoms with van der Waals surface area (Å²) in [5.41, 5.74) is 0. The molecule has 0 amide bonds. The van der Waals surface area contributed by atoms with E-state index < -0.39 is 97.5 Å². The van der Waals surface area contributed by atoms with Crippen molar-refractivity contribution in [1.29, 1.82) is 0 Å². The summed E-state index contributed by atoms with van der Waals surface area (Å²) in [6.45, 7) is 4.50. The van der Waals surface area contributed by atoms with Crippen molar-refractivity contribution in [3.8, 4) is 0 Å². The zero-order valence-corrected chi connectivity index (χ0v) is 63.0. The van der Waals surface area contributed by atoms with Crippen LogP contribution in [0.3, 0.4) is 0 Å². The number of carbonyl (C=O) groups excluding carboxylic acids is 4. The molecule has 0 spiro atoms. The Morgan fingerprint density at radius 1 is 0.296 bits per heavy atom. The third-order valence-corrected chi connectivity index (χ3v) is 17.3. The molecule has 0 fully saturated rings. The summed E-state index contributed by atoms with van der Waals surface area (Å²) in [5.74, 6) is -2.24. The van der Waals surface area contributed by atoms with Crippen LogP contribution in [0.15, 0.2) is 122 Å². The van der Waals surface area contributed by atoms with E-state index in [-0.39, 0.29) is 25.7 Å². The van der Waals surface area contributed by atoms with Gasteiger partial charge in [-0.05, 0) is 141 Å². The lowest BCUT2D eigenvalue weighted by Crippen LogP contribution is -2.30. The minimum absolute atomic E-state index is 0.0733. The van der Waals surface area contributed by atoms with E-state index in [1.807, 2.05) is 0 Å². The van der Waals surface area contributed by atoms with Crippen LogP contribution in [0.4, 0.5) is 0 Å². The van der Waals surface area contributed by atoms with Gasteiger partial charge in [-0.2, -0.15) is 0 Å². The number of phosphoric acid groups is 2. The number of hydrogen-bond donors (Lipinski definition) is 3. The standard InChI is InChI=1S/C79H134O17P2/c1-5-9-13-17-21-25-29-31-33-35-36-38-39-41-45-48-52-56-60-64-77(82)90-70-75(96-79(84)66-62-58-54-50-46-42-40-37-34-32-30-26-22-18-14-10-6-2)72-94-98(87,88)92-68-73(80)67-91-97(85,86)93-71-74(95-78(83)65-61-57-53-49-44-28-24-20-16-12-8-4)69-89-76(81)63-59-55-51-47-43-27-23-19-15-11-7-3/h9-10,13-14,19-26,31-34,36,38,41,45,73-75,80H,5-8,11-12,15-18,27-30,35,37,39-40,42-44,46-72H2,1-4H3,(H,85,86)(H,87,88)/b13-9-,14-10-,23-19-,24-20-,25-21-,26-22-,33-31-,34-32-,38-36-,45-41-. The van der Waals surface area contributed by atoms with Crippen LogP contribution in [0.25, 0.3) is 0 Å². The summed E-state index contributed by atoms with van der Waals surface area (Å²) in [5, 5.41) is 10.6. The average molecular weight is 1420 g/mol. The molecule has 0 bridgehead atoms. The molecule has 0 aromatic heterocycles. The predicted molar refractivity (Wildman–Crippen MR) is 399 cm³/mol. The molecule has 0 aliphatic carbocycles. The fourth-order valence-corrected chi connectivity index (χ4v) is 11.2. The predicted octanol–water partition coefficient (Wildman–Crippen LogP) is 21.6. The Labute approximate surface area is 593 Å². The van der Waals surface area contributed by atoms with Crippen LogP contribution in [0.1, 0.15) is 297 Å². The van der Waals surface area contributed by atoms with Crippen molar-refractivity contribution in [2.75, 3.05) is 39.6 Å². The SMILES string of the molecule is CC/C=C\C/C=C\C/C=C\C/C=C\C/C=C\CCCCCC(=O)OCC(COP(=O)(O)OCC(O)COP(=O)(O)OCC(COC(=O)CCCCCCC/C=C\CCCC)OC(=O)CCCCCCC/C=C\CCCC)OC(=O)CCCCCCCCC/C=C\C/C=C\C/C=C\CC. The highest BCUT2D eigenvalue weighted by Crippen LogP contribution is 2.45. The fraction of sp³-hybridized carbons (Fsp3) is 0.696. The molecule has 0 aliphatic rings. The van der Waals surface area contributed by atoms with Crippen molar-refractivity contribution in [1.82, 2.24) is 0 Å². The number of aliphatic hydroxyl groups excluding tert-OH is 1. The molecule has 0 rings (SSSR count). The van der Waals surface area contributed by atoms with Gasteiger partial charge in [0.25, 0.3) is 0 Å². The van der Waals surface area contributed by atoms with E-state index in [4.69, 9.17) is 37.0 Å². The average Bonchev–Trinajstić information content (AvgIpc) is 0.979. The lowest BCUT2D eigenvalue weighted by atomic mass is 10.1. The summed E-state index contributed by atoms with van der Waals surface area (Å²) in [6.07, 6.45) is 76.3. The molecule has 0 aromatic carbocycles. The summed E-state index contributed by atoms with van der Waals surface area (Å²) in [4.78, 5) is 72.7. The summed E-state index contributed by atoms with van der Waals surface area (Å²) < 4.78 is 68.3. The van der Waals surface area contributed by atoms with Crippen LogP contribution in [0.5, 0.6) is 0 Å². The maximum atomic E-state index is 13.1. The van der Waals surface area contributed by atoms with Crippen molar-refractivity contribution in [3.63, 3.8) is 0 Å². The van der Waals surface area contributed by atoms with Crippen molar-refractivity contribution in [3.05, 3.63) is 122 Å². The lowest BCUT2D eigenvalue weighted by molar-refractivity contribution is -0.161. The molecule has 0 saturated carbocycles. The Balaban J connectivity index is 5.37. The monoisotopic (exact) mass is 1420 g/mol. The molecule has 0 radical (unpaired) electrons. The van der Waals surface area contributed by atoms with E-state index in [2.05, 4.69) is 149 Å². The molecule has 98 heavy (non-hydrogen) atoms. The van der Waals surface area contributed by atoms with Crippen LogP contribution in [-0.4, -0.2) is 96.7 Å². The second-order valence-corrected chi connectivity index (χ2v) is 27.7. The molecule has 0 saturated heterocycles. The van der Waals surface area contributed by atoms with E-state index in [0.717, 1.165) is 193 Å². The number of aliphatic hydroxyl groups is 1. The van der Waals surface area contributed by atoms with Crippen molar-refractivity contribution >= 4 is 39.5 Å². The molecule has 0 aromatic rings. The molecular formula is C79H134O17P2. The number of allylic oxidation sites excluding steroid dienone is 20. The van der Waals surface area contributed by atoms with Gasteiger partial charge in [-0.25, -0.2) is 9.13 Å². The van der Waals surface area contributed by atoms with Crippen LogP contribution < -0.4 is 0 Å². The number of carbonyl (C=O) groups is 4. The second-order valence-electron chi connectivity index (χ2n) is 24.8. The third kappa shape index (κ3) is 69.9. The van der Waals surface area contributed by atoms with Crippen molar-refractivity contribution in [2.45, 2.75) is 316 Å². The van der Waals surface area contributed by atoms with E-state index >= 15 is 0 Å². The first kappa shape index (κ1) is 93.5. The van der Waals surface area contributed by atoms with Gasteiger partial charge in [0, 0.05) is 25.7 Å². The molecule has 0 heterocycles. The zero-order valence-electron chi connectivity index (χ0n) is 61.2. The first-order chi connectivity index (χ1) is 47.7. The topological polar surface area (TPSA) is 237 Å². The maximum absolute atomic E-state index is 13.1. The number of ether oxygens (including phenoxy) is 4. The molecule has 17 nitrogen and oxygen atoms in total. The van der Waals surface area contributed by atoms with Gasteiger partial charge in [-0.15, -0.1) is 0 Å². The van der Waals surface area contributed by atoms with Gasteiger partial charge in [0.1, 0.15) is 19.3 Å². The van der Waals surface area contributed by atoms with E-state index in [9.17, 15) is 43.2 Å². The van der Waals surface area contributed by atoms with Gasteiger partial charge in [0.2, 0.25) is 0 Å². The maximum Gasteiger partial charge on any atom is 0.472 e. The van der Waals surface area contributed by atoms with Crippen LogP contribution >= 0.6 is 15.6 Å². The summed E-state index contributed by atoms with van der Waals surface area (Å²) in [7, 11) is -9.96. The van der Waals surface area contributed by atoms with Gasteiger partial charge >= 0.3 is 39.5 Å². The Kier molecular flexibility index (Phi) is 67.6. The lowest BCUT2D eigenvalue weighted by Gasteiger charge is -2.21. The zero-order chi connectivity index (χ0) is 71.8. The largest absolute Gasteiger partial charge is 0.472 e. The van der Waals surface area contributed by atoms with Gasteiger partial charge in [-0.1, -0.05) is 252 Å². The van der Waals surface area contributed by atoms with Crippen LogP contribution in [0.2, 0.25) is 0 Å². The Morgan fingerprint density at radius 3 is 0.837 bits per heavy atom. The molecule has 3 N–H and O–H groups in total. The number of rotatable bonds is 70. The molecule has 0 aliphatic heterocycles. The highest BCUT2D eigenvalue weighted by molar-refractivity contribution is 7.47. The normalized spacial score (nSPS) is 14.6. The smallest absolute Gasteiger partial charge is 0.462 e. The van der Waals surface area contributed by atoms with Crippen LogP contribution in [-0.2, 0) is 65.4 Å². The van der Waals surface area contributed by atoms with Gasteiger partial charge in [0.05, 0.1) is 26.4 Å². The minimum Gasteiger partial charge on any atom is -0.462 e. The molecule has 5 atom stereocenters. The quantitative estimate of drug-likeness (QED) is 0.0169. The van der Waals surface area contributed by atoms with Crippen LogP contribution in [0, 0.1) is 0 Å². The minimum atomic E-state index is -4.99. The first-order valence-corrected chi connectivity index (χ1v) is 40.8. The number of hydrogen-bond acceptors (Lipinski definition) is 15. The Morgan fingerprint density at radius 2 is 0.531 bits per heavy atom. The number of esters is 4. The third-order valence-electron chi connectivity index (χ3n) is 15.4. The van der Waals surface area contributed by atoms with E-state index in [1.165, 1.54) is 25.7 Å². The molecule has 19 heteroatoms. The van der Waals surface area contributed by atoms with Gasteiger partial charge < -0.3 is 33.8 Å². The second kappa shape index (κ2) is 70.9. The fourth-order valence-electron chi connectivity index (χ4n) is 9.63. The van der Waals surface area contributed by atoms with Crippen molar-refractivity contribution in [2.24, 2.45) is 0 Å². The summed E-state index contributed by atoms with van der Waals surface area (Å²) >= 11 is 0. The number of unbranched alkanes of at least 4 members (excludes halogenated alkanes) is 24. The van der Waals surface area contributed by atoms with Crippen molar-refractivity contribution < 1.29 is 80.2 Å². The molecular weight excluding hydrogens is 1280 g/mol. The number of phosphoric ester groups is 2. The Bertz CT molecular complexity index is 2340. The van der Waals surface area contributed by atoms with Gasteiger partial charge in [0.15, 0.2) is 12.2 Å². The highest BCUT2D eigenvalue weighted by Gasteiger charge is 2.30. The Hall–Kier alpha value is -4.54. The van der Waals surface area contributed by atoms with E-state index in [0.29, 0.717) is 25.7 Å². The highest BCUT2D eigenvalue weighted by atomic mass is 31.2. The van der Waals surface area contributed by atoms with E-state index in [1.54, 1.807) is 0 Å².